The van der Waals surface area contributed by atoms with Crippen molar-refractivity contribution in [2.45, 2.75) is 20.4 Å². The molecule has 27 heavy (non-hydrogen) atoms. The monoisotopic (exact) mass is 362 g/mol. The third kappa shape index (κ3) is 4.94. The van der Waals surface area contributed by atoms with Gasteiger partial charge in [0.25, 0.3) is 5.91 Å². The molecule has 1 aliphatic rings. The number of piperazine rings is 1. The van der Waals surface area contributed by atoms with Crippen molar-refractivity contribution in [1.82, 2.24) is 14.8 Å². The van der Waals surface area contributed by atoms with E-state index in [4.69, 9.17) is 6.42 Å². The zero-order chi connectivity index (χ0) is 19.2. The molecule has 1 N–H and O–H groups in total. The van der Waals surface area contributed by atoms with E-state index in [1.807, 2.05) is 12.1 Å². The van der Waals surface area contributed by atoms with Gasteiger partial charge < -0.3 is 10.2 Å². The van der Waals surface area contributed by atoms with Crippen molar-refractivity contribution in [2.75, 3.05) is 38.0 Å². The number of benzene rings is 1. The molecule has 5 heteroatoms. The first-order valence-electron chi connectivity index (χ1n) is 9.37. The summed E-state index contributed by atoms with van der Waals surface area (Å²) in [7, 11) is 0. The molecular weight excluding hydrogens is 336 g/mol. The van der Waals surface area contributed by atoms with E-state index in [2.05, 4.69) is 45.9 Å². The standard InChI is InChI=1S/C22H26N4O/c1-4-18-8-9-23-21(15-18)24-22(27)19-6-7-20(17(3)14-19)16-26-12-10-25(5-2)11-13-26/h1,6-9,14-15H,5,10-13,16H2,2-3H3,(H,23,24,27). The number of aromatic nitrogens is 1. The maximum atomic E-state index is 12.5. The molecule has 0 saturated carbocycles. The fourth-order valence-electron chi connectivity index (χ4n) is 3.30. The largest absolute Gasteiger partial charge is 0.307 e. The van der Waals surface area contributed by atoms with E-state index in [9.17, 15) is 4.79 Å². The third-order valence-electron chi connectivity index (χ3n) is 5.08. The van der Waals surface area contributed by atoms with Crippen LogP contribution in [0.4, 0.5) is 5.82 Å². The van der Waals surface area contributed by atoms with Gasteiger partial charge in [0, 0.05) is 50.0 Å². The van der Waals surface area contributed by atoms with Crippen LogP contribution in [0.2, 0.25) is 0 Å². The fourth-order valence-corrected chi connectivity index (χ4v) is 3.30. The minimum Gasteiger partial charge on any atom is -0.307 e. The third-order valence-corrected chi connectivity index (χ3v) is 5.08. The highest BCUT2D eigenvalue weighted by Gasteiger charge is 2.17. The number of hydrogen-bond donors (Lipinski definition) is 1. The number of aryl methyl sites for hydroxylation is 1. The first-order chi connectivity index (χ1) is 13.1. The molecule has 3 rings (SSSR count). The Morgan fingerprint density at radius 2 is 1.93 bits per heavy atom. The van der Waals surface area contributed by atoms with Crippen LogP contribution in [-0.2, 0) is 6.54 Å². The molecule has 1 amide bonds. The molecule has 2 aromatic rings. The van der Waals surface area contributed by atoms with Gasteiger partial charge in [-0.25, -0.2) is 4.98 Å². The quantitative estimate of drug-likeness (QED) is 0.831. The van der Waals surface area contributed by atoms with Crippen LogP contribution >= 0.6 is 0 Å². The van der Waals surface area contributed by atoms with Gasteiger partial charge in [-0.3, -0.25) is 9.69 Å². The predicted octanol–water partition coefficient (Wildman–Crippen LogP) is 2.76. The van der Waals surface area contributed by atoms with Gasteiger partial charge in [-0.2, -0.15) is 0 Å². The van der Waals surface area contributed by atoms with Crippen LogP contribution in [0.5, 0.6) is 0 Å². The SMILES string of the molecule is C#Cc1ccnc(NC(=O)c2ccc(CN3CCN(CC)CC3)c(C)c2)c1. The summed E-state index contributed by atoms with van der Waals surface area (Å²) < 4.78 is 0. The molecule has 0 bridgehead atoms. The number of hydrogen-bond acceptors (Lipinski definition) is 4. The lowest BCUT2D eigenvalue weighted by Crippen LogP contribution is -2.45. The first-order valence-corrected chi connectivity index (χ1v) is 9.37. The maximum absolute atomic E-state index is 12.5. The van der Waals surface area contributed by atoms with E-state index in [1.165, 1.54) is 5.56 Å². The van der Waals surface area contributed by atoms with Crippen LogP contribution in [0.3, 0.4) is 0 Å². The van der Waals surface area contributed by atoms with Crippen molar-refractivity contribution in [3.63, 3.8) is 0 Å². The second-order valence-corrected chi connectivity index (χ2v) is 6.88. The zero-order valence-corrected chi connectivity index (χ0v) is 16.0. The number of carbonyl (C=O) groups is 1. The van der Waals surface area contributed by atoms with Crippen LogP contribution in [0.15, 0.2) is 36.5 Å². The van der Waals surface area contributed by atoms with E-state index < -0.39 is 0 Å². The number of nitrogens with one attached hydrogen (secondary N) is 1. The van der Waals surface area contributed by atoms with Crippen molar-refractivity contribution in [3.05, 3.63) is 58.8 Å². The number of amides is 1. The predicted molar refractivity (Wildman–Crippen MR) is 109 cm³/mol. The molecule has 1 aromatic heterocycles. The Bertz CT molecular complexity index is 848. The highest BCUT2D eigenvalue weighted by molar-refractivity contribution is 6.04. The second kappa shape index (κ2) is 8.81. The summed E-state index contributed by atoms with van der Waals surface area (Å²) in [5.41, 5.74) is 3.71. The first kappa shape index (κ1) is 19.1. The minimum atomic E-state index is -0.178. The Balaban J connectivity index is 1.63. The molecule has 0 atom stereocenters. The summed E-state index contributed by atoms with van der Waals surface area (Å²) in [6, 6.07) is 9.30. The normalized spacial score (nSPS) is 15.3. The van der Waals surface area contributed by atoms with Gasteiger partial charge in [0.05, 0.1) is 0 Å². The number of likely N-dealkylation sites (N-methyl/N-ethyl adjacent to an activating group) is 1. The summed E-state index contributed by atoms with van der Waals surface area (Å²) in [6.07, 6.45) is 6.99. The molecule has 0 unspecified atom stereocenters. The van der Waals surface area contributed by atoms with Gasteiger partial charge in [-0.05, 0) is 48.9 Å². The molecule has 5 nitrogen and oxygen atoms in total. The summed E-state index contributed by atoms with van der Waals surface area (Å²) in [5, 5.41) is 2.81. The van der Waals surface area contributed by atoms with E-state index in [0.29, 0.717) is 16.9 Å². The Hall–Kier alpha value is -2.68. The van der Waals surface area contributed by atoms with Crippen LogP contribution < -0.4 is 5.32 Å². The topological polar surface area (TPSA) is 48.5 Å². The lowest BCUT2D eigenvalue weighted by molar-refractivity contribution is 0.102. The Kier molecular flexibility index (Phi) is 6.23. The smallest absolute Gasteiger partial charge is 0.256 e. The van der Waals surface area contributed by atoms with Gasteiger partial charge in [0.15, 0.2) is 0 Å². The van der Waals surface area contributed by atoms with Crippen molar-refractivity contribution >= 4 is 11.7 Å². The van der Waals surface area contributed by atoms with Gasteiger partial charge in [-0.1, -0.05) is 18.9 Å². The minimum absolute atomic E-state index is 0.178. The highest BCUT2D eigenvalue weighted by atomic mass is 16.1. The van der Waals surface area contributed by atoms with Crippen LogP contribution in [0, 0.1) is 19.3 Å². The molecule has 2 heterocycles. The fraction of sp³-hybridized carbons (Fsp3) is 0.364. The molecule has 0 aliphatic carbocycles. The lowest BCUT2D eigenvalue weighted by Gasteiger charge is -2.34. The van der Waals surface area contributed by atoms with E-state index in [0.717, 1.165) is 44.8 Å². The zero-order valence-electron chi connectivity index (χ0n) is 16.0. The van der Waals surface area contributed by atoms with Gasteiger partial charge in [0.2, 0.25) is 0 Å². The highest BCUT2D eigenvalue weighted by Crippen LogP contribution is 2.16. The molecule has 1 aliphatic heterocycles. The van der Waals surface area contributed by atoms with E-state index >= 15 is 0 Å². The Morgan fingerprint density at radius 1 is 1.19 bits per heavy atom. The number of terminal acetylenes is 1. The lowest BCUT2D eigenvalue weighted by atomic mass is 10.0. The average molecular weight is 362 g/mol. The van der Waals surface area contributed by atoms with Gasteiger partial charge in [0.1, 0.15) is 5.82 Å². The van der Waals surface area contributed by atoms with Crippen LogP contribution in [0.1, 0.15) is 34.0 Å². The van der Waals surface area contributed by atoms with Crippen LogP contribution in [-0.4, -0.2) is 53.4 Å². The molecule has 1 fully saturated rings. The number of anilines is 1. The van der Waals surface area contributed by atoms with Crippen molar-refractivity contribution in [2.24, 2.45) is 0 Å². The number of nitrogens with zero attached hydrogens (tertiary/aromatic N) is 3. The summed E-state index contributed by atoms with van der Waals surface area (Å²) in [6.45, 7) is 10.7. The molecule has 0 spiro atoms. The summed E-state index contributed by atoms with van der Waals surface area (Å²) >= 11 is 0. The van der Waals surface area contributed by atoms with Crippen molar-refractivity contribution in [1.29, 1.82) is 0 Å². The van der Waals surface area contributed by atoms with Crippen LogP contribution in [0.25, 0.3) is 0 Å². The molecule has 1 saturated heterocycles. The summed E-state index contributed by atoms with van der Waals surface area (Å²) in [4.78, 5) is 21.6. The number of rotatable bonds is 5. The Labute approximate surface area is 161 Å². The summed E-state index contributed by atoms with van der Waals surface area (Å²) in [5.74, 6) is 2.83. The van der Waals surface area contributed by atoms with Gasteiger partial charge in [-0.15, -0.1) is 6.42 Å². The van der Waals surface area contributed by atoms with Gasteiger partial charge >= 0.3 is 0 Å². The Morgan fingerprint density at radius 3 is 2.59 bits per heavy atom. The average Bonchev–Trinajstić information content (AvgIpc) is 2.70. The van der Waals surface area contributed by atoms with Crippen molar-refractivity contribution in [3.8, 4) is 12.3 Å². The molecule has 140 valence electrons. The molecule has 0 radical (unpaired) electrons. The number of pyridine rings is 1. The molecule has 1 aromatic carbocycles. The second-order valence-electron chi connectivity index (χ2n) is 6.88. The molecular formula is C22H26N4O. The van der Waals surface area contributed by atoms with E-state index in [1.54, 1.807) is 18.3 Å². The number of carbonyl (C=O) groups excluding carboxylic acids is 1. The maximum Gasteiger partial charge on any atom is 0.256 e. The van der Waals surface area contributed by atoms with Crippen molar-refractivity contribution < 1.29 is 4.79 Å². The van der Waals surface area contributed by atoms with E-state index in [-0.39, 0.29) is 5.91 Å².